The molecule has 1 aliphatic heterocycles. The summed E-state index contributed by atoms with van der Waals surface area (Å²) in [5.74, 6) is 0.339. The SMILES string of the molecule is CNC(=O)c1nnc(Nc2ccc(F)cn2)cc1Nc1cccc2c1N(C)Cc1n[nH]c(=O)n1-2. The Labute approximate surface area is 191 Å². The largest absolute Gasteiger partial charge is 0.364 e. The van der Waals surface area contributed by atoms with Gasteiger partial charge in [0.2, 0.25) is 0 Å². The molecule has 0 saturated heterocycles. The van der Waals surface area contributed by atoms with E-state index in [0.29, 0.717) is 41.1 Å². The van der Waals surface area contributed by atoms with Crippen LogP contribution >= 0.6 is 0 Å². The van der Waals surface area contributed by atoms with Gasteiger partial charge in [-0.3, -0.25) is 4.79 Å². The van der Waals surface area contributed by atoms with E-state index in [-0.39, 0.29) is 11.4 Å². The molecule has 1 amide bonds. The number of anilines is 5. The van der Waals surface area contributed by atoms with Crippen LogP contribution in [0, 0.1) is 5.82 Å². The van der Waals surface area contributed by atoms with Gasteiger partial charge in [0.1, 0.15) is 11.6 Å². The van der Waals surface area contributed by atoms with Gasteiger partial charge < -0.3 is 20.9 Å². The predicted octanol–water partition coefficient (Wildman–Crippen LogP) is 1.68. The highest BCUT2D eigenvalue weighted by Crippen LogP contribution is 2.38. The molecule has 0 aliphatic carbocycles. The maximum Gasteiger partial charge on any atom is 0.348 e. The molecule has 13 heteroatoms. The van der Waals surface area contributed by atoms with E-state index < -0.39 is 11.7 Å². The zero-order valence-corrected chi connectivity index (χ0v) is 18.1. The number of nitrogens with zero attached hydrogens (tertiary/aromatic N) is 6. The van der Waals surface area contributed by atoms with Crippen molar-refractivity contribution in [1.82, 2.24) is 35.3 Å². The van der Waals surface area contributed by atoms with Crippen LogP contribution < -0.4 is 26.5 Å². The van der Waals surface area contributed by atoms with E-state index in [2.05, 4.69) is 41.3 Å². The molecule has 0 unspecified atom stereocenters. The molecule has 3 aromatic heterocycles. The highest BCUT2D eigenvalue weighted by atomic mass is 19.1. The summed E-state index contributed by atoms with van der Waals surface area (Å²) >= 11 is 0. The minimum absolute atomic E-state index is 0.0670. The number of fused-ring (bicyclic) bond motifs is 3. The van der Waals surface area contributed by atoms with Crippen molar-refractivity contribution in [3.8, 4) is 5.69 Å². The smallest absolute Gasteiger partial charge is 0.348 e. The average molecular weight is 462 g/mol. The fourth-order valence-corrected chi connectivity index (χ4v) is 3.75. The Morgan fingerprint density at radius 3 is 2.74 bits per heavy atom. The first-order valence-corrected chi connectivity index (χ1v) is 10.2. The highest BCUT2D eigenvalue weighted by Gasteiger charge is 2.26. The summed E-state index contributed by atoms with van der Waals surface area (Å²) < 4.78 is 14.7. The molecule has 0 spiro atoms. The summed E-state index contributed by atoms with van der Waals surface area (Å²) in [6, 6.07) is 9.75. The molecule has 0 saturated carbocycles. The maximum atomic E-state index is 13.2. The lowest BCUT2D eigenvalue weighted by Crippen LogP contribution is -2.30. The Balaban J connectivity index is 1.56. The second-order valence-corrected chi connectivity index (χ2v) is 7.49. The third-order valence-electron chi connectivity index (χ3n) is 5.25. The van der Waals surface area contributed by atoms with E-state index in [9.17, 15) is 14.0 Å². The van der Waals surface area contributed by atoms with Crippen molar-refractivity contribution in [2.75, 3.05) is 29.6 Å². The van der Waals surface area contributed by atoms with Crippen molar-refractivity contribution >= 4 is 34.6 Å². The number of amides is 1. The van der Waals surface area contributed by atoms with Crippen molar-refractivity contribution in [2.45, 2.75) is 6.54 Å². The fourth-order valence-electron chi connectivity index (χ4n) is 3.75. The second kappa shape index (κ2) is 8.27. The van der Waals surface area contributed by atoms with Crippen LogP contribution in [0.4, 0.5) is 33.1 Å². The second-order valence-electron chi connectivity index (χ2n) is 7.49. The highest BCUT2D eigenvalue weighted by molar-refractivity contribution is 5.99. The van der Waals surface area contributed by atoms with Crippen LogP contribution in [-0.4, -0.2) is 49.9 Å². The number of carbonyl (C=O) groups is 1. The topological polar surface area (TPSA) is 146 Å². The van der Waals surface area contributed by atoms with Crippen LogP contribution in [-0.2, 0) is 6.54 Å². The van der Waals surface area contributed by atoms with Gasteiger partial charge in [-0.25, -0.2) is 23.8 Å². The first-order chi connectivity index (χ1) is 16.4. The van der Waals surface area contributed by atoms with Gasteiger partial charge in [-0.2, -0.15) is 5.10 Å². The normalized spacial score (nSPS) is 12.0. The Morgan fingerprint density at radius 1 is 1.12 bits per heavy atom. The number of aromatic nitrogens is 6. The number of aromatic amines is 1. The Hall–Kier alpha value is -4.81. The molecular formula is C21H19FN10O2. The summed E-state index contributed by atoms with van der Waals surface area (Å²) in [5, 5.41) is 23.4. The Kier molecular flexibility index (Phi) is 5.12. The molecule has 34 heavy (non-hydrogen) atoms. The standard InChI is InChI=1S/C21H19FN10O2/c1-23-20(33)18-13(8-16(27-29-18)26-15-7-6-11(22)9-24-15)25-12-4-3-5-14-19(12)31(2)10-17-28-30-21(34)32(14)17/h3-9H,10H2,1-2H3,(H,23,33)(H,30,34)(H2,24,25,26,27). The molecule has 12 nitrogen and oxygen atoms in total. The van der Waals surface area contributed by atoms with Gasteiger partial charge >= 0.3 is 5.69 Å². The summed E-state index contributed by atoms with van der Waals surface area (Å²) in [7, 11) is 3.37. The molecule has 1 aliphatic rings. The Morgan fingerprint density at radius 2 is 1.97 bits per heavy atom. The van der Waals surface area contributed by atoms with Gasteiger partial charge in [-0.1, -0.05) is 6.07 Å². The lowest BCUT2D eigenvalue weighted by atomic mass is 10.1. The summed E-state index contributed by atoms with van der Waals surface area (Å²) in [5.41, 5.74) is 2.13. The quantitative estimate of drug-likeness (QED) is 0.348. The summed E-state index contributed by atoms with van der Waals surface area (Å²) in [6.45, 7) is 0.407. The summed E-state index contributed by atoms with van der Waals surface area (Å²) in [4.78, 5) is 30.7. The number of para-hydroxylation sites is 1. The zero-order valence-electron chi connectivity index (χ0n) is 18.1. The lowest BCUT2D eigenvalue weighted by molar-refractivity contribution is 0.0958. The number of H-pyrrole nitrogens is 1. The van der Waals surface area contributed by atoms with Gasteiger partial charge in [-0.15, -0.1) is 10.2 Å². The van der Waals surface area contributed by atoms with Crippen LogP contribution in [0.15, 0.2) is 47.4 Å². The van der Waals surface area contributed by atoms with Gasteiger partial charge in [0.05, 0.1) is 35.5 Å². The molecule has 0 fully saturated rings. The monoisotopic (exact) mass is 462 g/mol. The molecule has 4 N–H and O–H groups in total. The van der Waals surface area contributed by atoms with Gasteiger partial charge in [0.25, 0.3) is 5.91 Å². The number of rotatable bonds is 5. The number of nitrogens with one attached hydrogen (secondary N) is 4. The summed E-state index contributed by atoms with van der Waals surface area (Å²) in [6.07, 6.45) is 1.08. The molecule has 1 aromatic carbocycles. The van der Waals surface area contributed by atoms with Crippen LogP contribution in [0.1, 0.15) is 16.3 Å². The number of pyridine rings is 1. The predicted molar refractivity (Wildman–Crippen MR) is 122 cm³/mol. The maximum absolute atomic E-state index is 13.2. The molecule has 5 rings (SSSR count). The third kappa shape index (κ3) is 3.68. The van der Waals surface area contributed by atoms with E-state index in [4.69, 9.17) is 0 Å². The minimum Gasteiger partial charge on any atom is -0.364 e. The number of hydrogen-bond donors (Lipinski definition) is 4. The van der Waals surface area contributed by atoms with Crippen molar-refractivity contribution < 1.29 is 9.18 Å². The van der Waals surface area contributed by atoms with Crippen molar-refractivity contribution in [3.63, 3.8) is 0 Å². The van der Waals surface area contributed by atoms with E-state index in [0.717, 1.165) is 11.9 Å². The van der Waals surface area contributed by atoms with Crippen LogP contribution in [0.25, 0.3) is 5.69 Å². The van der Waals surface area contributed by atoms with Crippen molar-refractivity contribution in [2.24, 2.45) is 0 Å². The average Bonchev–Trinajstić information content (AvgIpc) is 3.20. The van der Waals surface area contributed by atoms with Crippen LogP contribution in [0.3, 0.4) is 0 Å². The molecule has 4 aromatic rings. The molecule has 0 bridgehead atoms. The van der Waals surface area contributed by atoms with E-state index in [1.807, 2.05) is 24.1 Å². The van der Waals surface area contributed by atoms with Gasteiger partial charge in [0, 0.05) is 20.2 Å². The molecule has 0 atom stereocenters. The van der Waals surface area contributed by atoms with E-state index in [1.54, 1.807) is 12.1 Å². The van der Waals surface area contributed by atoms with Crippen molar-refractivity contribution in [1.29, 1.82) is 0 Å². The zero-order chi connectivity index (χ0) is 23.8. The fraction of sp³-hybridized carbons (Fsp3) is 0.143. The van der Waals surface area contributed by atoms with Crippen LogP contribution in [0.2, 0.25) is 0 Å². The Bertz CT molecular complexity index is 1450. The molecule has 172 valence electrons. The van der Waals surface area contributed by atoms with E-state index in [1.165, 1.54) is 23.7 Å². The molecule has 4 heterocycles. The first-order valence-electron chi connectivity index (χ1n) is 10.2. The van der Waals surface area contributed by atoms with Gasteiger partial charge in [-0.05, 0) is 24.3 Å². The number of halogens is 1. The lowest BCUT2D eigenvalue weighted by Gasteiger charge is -2.30. The minimum atomic E-state index is -0.466. The van der Waals surface area contributed by atoms with Crippen molar-refractivity contribution in [3.05, 3.63) is 70.4 Å². The van der Waals surface area contributed by atoms with E-state index >= 15 is 0 Å². The number of carbonyl (C=O) groups excluding carboxylic acids is 1. The number of hydrogen-bond acceptors (Lipinski definition) is 9. The molecule has 0 radical (unpaired) electrons. The van der Waals surface area contributed by atoms with Crippen LogP contribution in [0.5, 0.6) is 0 Å². The third-order valence-corrected chi connectivity index (χ3v) is 5.25. The first kappa shape index (κ1) is 21.1. The van der Waals surface area contributed by atoms with Gasteiger partial charge in [0.15, 0.2) is 17.3 Å². The molecular weight excluding hydrogens is 443 g/mol. The number of benzene rings is 1.